The number of alkyl halides is 4. The number of halogens is 5. The van der Waals surface area contributed by atoms with Gasteiger partial charge in [-0.1, -0.05) is 11.6 Å². The van der Waals surface area contributed by atoms with Crippen molar-refractivity contribution in [1.29, 1.82) is 0 Å². The van der Waals surface area contributed by atoms with Crippen LogP contribution in [0.25, 0.3) is 5.69 Å². The average Bonchev–Trinajstić information content (AvgIpc) is 2.74. The van der Waals surface area contributed by atoms with E-state index in [2.05, 4.69) is 10.2 Å². The van der Waals surface area contributed by atoms with Gasteiger partial charge in [-0.3, -0.25) is 4.57 Å². The van der Waals surface area contributed by atoms with Gasteiger partial charge in [0.1, 0.15) is 6.33 Å². The highest BCUT2D eigenvalue weighted by molar-refractivity contribution is 6.30. The normalized spacial score (nSPS) is 11.8. The van der Waals surface area contributed by atoms with Crippen molar-refractivity contribution >= 4 is 23.2 Å². The Morgan fingerprint density at radius 3 is 2.56 bits per heavy atom. The second-order valence-corrected chi connectivity index (χ2v) is 4.15. The van der Waals surface area contributed by atoms with E-state index < -0.39 is 11.7 Å². The van der Waals surface area contributed by atoms with Gasteiger partial charge in [0.15, 0.2) is 5.82 Å². The summed E-state index contributed by atoms with van der Waals surface area (Å²) < 4.78 is 39.3. The molecule has 0 bridgehead atoms. The molecule has 1 heterocycles. The van der Waals surface area contributed by atoms with Crippen molar-refractivity contribution in [2.45, 2.75) is 12.1 Å². The molecule has 0 saturated heterocycles. The molecule has 2 rings (SSSR count). The summed E-state index contributed by atoms with van der Waals surface area (Å²) in [5.74, 6) is 0.375. The summed E-state index contributed by atoms with van der Waals surface area (Å²) >= 11 is 11.3. The molecular formula is C10H6Cl2F3N3. The molecule has 2 aromatic rings. The van der Waals surface area contributed by atoms with Crippen LogP contribution in [0.1, 0.15) is 11.4 Å². The molecule has 0 atom stereocenters. The SMILES string of the molecule is FC(F)(F)c1cc(Cl)cc(-n2cnnc2CCl)c1. The van der Waals surface area contributed by atoms with Crippen LogP contribution in [0.3, 0.4) is 0 Å². The van der Waals surface area contributed by atoms with Gasteiger partial charge in [0, 0.05) is 5.02 Å². The number of aromatic nitrogens is 3. The molecule has 3 nitrogen and oxygen atoms in total. The van der Waals surface area contributed by atoms with E-state index >= 15 is 0 Å². The maximum atomic E-state index is 12.6. The highest BCUT2D eigenvalue weighted by Crippen LogP contribution is 2.33. The predicted molar refractivity (Wildman–Crippen MR) is 60.9 cm³/mol. The first-order valence-electron chi connectivity index (χ1n) is 4.75. The maximum absolute atomic E-state index is 12.6. The van der Waals surface area contributed by atoms with Gasteiger partial charge in [-0.2, -0.15) is 13.2 Å². The Bertz CT molecular complexity index is 566. The molecule has 0 unspecified atom stereocenters. The van der Waals surface area contributed by atoms with Gasteiger partial charge >= 0.3 is 6.18 Å². The molecule has 0 N–H and O–H groups in total. The van der Waals surface area contributed by atoms with Crippen molar-refractivity contribution in [2.24, 2.45) is 0 Å². The smallest absolute Gasteiger partial charge is 0.285 e. The molecule has 0 amide bonds. The van der Waals surface area contributed by atoms with E-state index in [4.69, 9.17) is 23.2 Å². The minimum Gasteiger partial charge on any atom is -0.285 e. The van der Waals surface area contributed by atoms with Gasteiger partial charge in [-0.05, 0) is 18.2 Å². The Labute approximate surface area is 110 Å². The number of hydrogen-bond acceptors (Lipinski definition) is 2. The molecule has 0 saturated carbocycles. The molecule has 18 heavy (non-hydrogen) atoms. The lowest BCUT2D eigenvalue weighted by atomic mass is 10.2. The zero-order chi connectivity index (χ0) is 13.3. The molecule has 0 spiro atoms. The van der Waals surface area contributed by atoms with Crippen LogP contribution in [0.2, 0.25) is 5.02 Å². The first-order valence-corrected chi connectivity index (χ1v) is 5.66. The Morgan fingerprint density at radius 1 is 1.22 bits per heavy atom. The van der Waals surface area contributed by atoms with E-state index in [0.29, 0.717) is 5.82 Å². The third-order valence-electron chi connectivity index (χ3n) is 2.23. The van der Waals surface area contributed by atoms with Crippen molar-refractivity contribution in [3.05, 3.63) is 40.9 Å². The van der Waals surface area contributed by atoms with E-state index in [1.54, 1.807) is 0 Å². The number of rotatable bonds is 2. The quantitative estimate of drug-likeness (QED) is 0.791. The summed E-state index contributed by atoms with van der Waals surface area (Å²) in [6.07, 6.45) is -3.18. The second-order valence-electron chi connectivity index (χ2n) is 3.45. The Hall–Kier alpha value is -1.27. The maximum Gasteiger partial charge on any atom is 0.416 e. The van der Waals surface area contributed by atoms with E-state index in [-0.39, 0.29) is 16.6 Å². The zero-order valence-corrected chi connectivity index (χ0v) is 10.3. The first kappa shape index (κ1) is 13.2. The summed E-state index contributed by atoms with van der Waals surface area (Å²) in [7, 11) is 0. The third-order valence-corrected chi connectivity index (χ3v) is 2.68. The standard InChI is InChI=1S/C10H6Cl2F3N3/c11-4-9-17-16-5-18(9)8-2-6(10(13,14)15)1-7(12)3-8/h1-3,5H,4H2. The fourth-order valence-electron chi connectivity index (χ4n) is 1.44. The highest BCUT2D eigenvalue weighted by Gasteiger charge is 2.31. The van der Waals surface area contributed by atoms with Crippen LogP contribution < -0.4 is 0 Å². The average molecular weight is 296 g/mol. The topological polar surface area (TPSA) is 30.7 Å². The van der Waals surface area contributed by atoms with Crippen LogP contribution in [0, 0.1) is 0 Å². The van der Waals surface area contributed by atoms with Gasteiger partial charge in [0.05, 0.1) is 17.1 Å². The van der Waals surface area contributed by atoms with Crippen molar-refractivity contribution in [1.82, 2.24) is 14.8 Å². The lowest BCUT2D eigenvalue weighted by Gasteiger charge is -2.11. The van der Waals surface area contributed by atoms with E-state index in [1.807, 2.05) is 0 Å². The zero-order valence-electron chi connectivity index (χ0n) is 8.75. The lowest BCUT2D eigenvalue weighted by molar-refractivity contribution is -0.137. The first-order chi connectivity index (χ1) is 8.41. The fraction of sp³-hybridized carbons (Fsp3) is 0.200. The predicted octanol–water partition coefficient (Wildman–Crippen LogP) is 3.68. The van der Waals surface area contributed by atoms with Gasteiger partial charge in [0.25, 0.3) is 0 Å². The summed E-state index contributed by atoms with van der Waals surface area (Å²) in [6, 6.07) is 3.21. The molecule has 0 aliphatic rings. The molecule has 1 aromatic heterocycles. The number of benzene rings is 1. The Balaban J connectivity index is 2.56. The van der Waals surface area contributed by atoms with E-state index in [0.717, 1.165) is 12.1 Å². The Morgan fingerprint density at radius 2 is 1.94 bits per heavy atom. The largest absolute Gasteiger partial charge is 0.416 e. The molecule has 0 fully saturated rings. The molecule has 0 radical (unpaired) electrons. The summed E-state index contributed by atoms with van der Waals surface area (Å²) in [4.78, 5) is 0. The van der Waals surface area contributed by atoms with Crippen LogP contribution in [-0.4, -0.2) is 14.8 Å². The minimum atomic E-state index is -4.46. The molecule has 96 valence electrons. The number of hydrogen-bond donors (Lipinski definition) is 0. The van der Waals surface area contributed by atoms with Gasteiger partial charge < -0.3 is 0 Å². The monoisotopic (exact) mass is 295 g/mol. The molecule has 1 aromatic carbocycles. The van der Waals surface area contributed by atoms with Crippen molar-refractivity contribution in [2.75, 3.05) is 0 Å². The summed E-state index contributed by atoms with van der Waals surface area (Å²) in [5, 5.41) is 7.26. The van der Waals surface area contributed by atoms with Crippen molar-refractivity contribution in [3.63, 3.8) is 0 Å². The van der Waals surface area contributed by atoms with E-state index in [1.165, 1.54) is 17.0 Å². The fourth-order valence-corrected chi connectivity index (χ4v) is 1.85. The third kappa shape index (κ3) is 2.59. The lowest BCUT2D eigenvalue weighted by Crippen LogP contribution is -2.07. The minimum absolute atomic E-state index is 0.0194. The van der Waals surface area contributed by atoms with Crippen LogP contribution in [0.5, 0.6) is 0 Å². The van der Waals surface area contributed by atoms with Crippen LogP contribution >= 0.6 is 23.2 Å². The van der Waals surface area contributed by atoms with Crippen LogP contribution in [0.15, 0.2) is 24.5 Å². The molecular weight excluding hydrogens is 290 g/mol. The molecule has 8 heteroatoms. The Kier molecular flexibility index (Phi) is 3.49. The van der Waals surface area contributed by atoms with Crippen LogP contribution in [-0.2, 0) is 12.1 Å². The van der Waals surface area contributed by atoms with Gasteiger partial charge in [0.2, 0.25) is 0 Å². The van der Waals surface area contributed by atoms with Gasteiger partial charge in [-0.25, -0.2) is 0 Å². The summed E-state index contributed by atoms with van der Waals surface area (Å²) in [5.41, 5.74) is -0.616. The van der Waals surface area contributed by atoms with Crippen LogP contribution in [0.4, 0.5) is 13.2 Å². The van der Waals surface area contributed by atoms with E-state index in [9.17, 15) is 13.2 Å². The van der Waals surface area contributed by atoms with Crippen molar-refractivity contribution < 1.29 is 13.2 Å². The number of nitrogens with zero attached hydrogens (tertiary/aromatic N) is 3. The molecule has 0 aliphatic carbocycles. The van der Waals surface area contributed by atoms with Gasteiger partial charge in [-0.15, -0.1) is 21.8 Å². The second kappa shape index (κ2) is 4.78. The molecule has 0 aliphatic heterocycles. The highest BCUT2D eigenvalue weighted by atomic mass is 35.5. The summed E-state index contributed by atoms with van der Waals surface area (Å²) in [6.45, 7) is 0. The van der Waals surface area contributed by atoms with Crippen molar-refractivity contribution in [3.8, 4) is 5.69 Å².